The molecule has 0 radical (unpaired) electrons. The number of aryl methyl sites for hydroxylation is 1. The number of hydrogen-bond donors (Lipinski definition) is 1. The number of halogens is 1. The van der Waals surface area contributed by atoms with Gasteiger partial charge in [-0.25, -0.2) is 9.18 Å². The molecule has 1 amide bonds. The first-order valence-corrected chi connectivity index (χ1v) is 6.85. The Morgan fingerprint density at radius 3 is 2.75 bits per heavy atom. The minimum Gasteiger partial charge on any atom is -0.480 e. The van der Waals surface area contributed by atoms with E-state index in [1.165, 1.54) is 11.0 Å². The summed E-state index contributed by atoms with van der Waals surface area (Å²) in [6.45, 7) is 0.479. The Morgan fingerprint density at radius 1 is 1.30 bits per heavy atom. The van der Waals surface area contributed by atoms with E-state index in [4.69, 9.17) is 5.11 Å². The van der Waals surface area contributed by atoms with Gasteiger partial charge in [0, 0.05) is 13.0 Å². The molecule has 1 saturated heterocycles. The van der Waals surface area contributed by atoms with Gasteiger partial charge in [-0.05, 0) is 37.3 Å². The lowest BCUT2D eigenvalue weighted by molar-refractivity contribution is -0.152. The number of likely N-dealkylation sites (tertiary alicyclic amines) is 1. The normalized spacial score (nSPS) is 18.9. The van der Waals surface area contributed by atoms with E-state index in [0.29, 0.717) is 24.9 Å². The van der Waals surface area contributed by atoms with Crippen molar-refractivity contribution in [3.05, 3.63) is 35.6 Å². The number of piperidine rings is 1. The predicted molar refractivity (Wildman–Crippen MR) is 71.7 cm³/mol. The molecule has 1 aromatic carbocycles. The first-order valence-electron chi connectivity index (χ1n) is 6.85. The Balaban J connectivity index is 1.97. The Bertz CT molecular complexity index is 504. The number of amides is 1. The average Bonchev–Trinajstić information content (AvgIpc) is 2.46. The van der Waals surface area contributed by atoms with Crippen LogP contribution in [0.3, 0.4) is 0 Å². The minimum absolute atomic E-state index is 0.144. The fourth-order valence-electron chi connectivity index (χ4n) is 2.57. The Labute approximate surface area is 117 Å². The molecule has 1 heterocycles. The van der Waals surface area contributed by atoms with Crippen molar-refractivity contribution in [1.82, 2.24) is 4.90 Å². The van der Waals surface area contributed by atoms with Gasteiger partial charge >= 0.3 is 5.97 Å². The van der Waals surface area contributed by atoms with Crippen LogP contribution in [-0.4, -0.2) is 34.5 Å². The van der Waals surface area contributed by atoms with Crippen LogP contribution in [0.2, 0.25) is 0 Å². The zero-order valence-corrected chi connectivity index (χ0v) is 11.2. The molecule has 1 aliphatic heterocycles. The van der Waals surface area contributed by atoms with Crippen LogP contribution in [-0.2, 0) is 16.0 Å². The number of aliphatic carboxylic acids is 1. The third kappa shape index (κ3) is 3.35. The summed E-state index contributed by atoms with van der Waals surface area (Å²) < 4.78 is 13.5. The number of carbonyl (C=O) groups excluding carboxylic acids is 1. The molecule has 0 bridgehead atoms. The van der Waals surface area contributed by atoms with Crippen LogP contribution in [0.1, 0.15) is 31.2 Å². The molecule has 2 rings (SSSR count). The molecule has 108 valence electrons. The molecular weight excluding hydrogens is 261 g/mol. The molecule has 20 heavy (non-hydrogen) atoms. The van der Waals surface area contributed by atoms with Crippen LogP contribution < -0.4 is 0 Å². The van der Waals surface area contributed by atoms with Gasteiger partial charge in [-0.3, -0.25) is 4.79 Å². The molecule has 0 aliphatic carbocycles. The highest BCUT2D eigenvalue weighted by atomic mass is 19.1. The minimum atomic E-state index is -0.955. The second kappa shape index (κ2) is 6.50. The van der Waals surface area contributed by atoms with E-state index in [9.17, 15) is 14.0 Å². The Morgan fingerprint density at radius 2 is 2.05 bits per heavy atom. The summed E-state index contributed by atoms with van der Waals surface area (Å²) in [6, 6.07) is 5.61. The van der Waals surface area contributed by atoms with Crippen LogP contribution in [0.15, 0.2) is 24.3 Å². The van der Waals surface area contributed by atoms with Crippen LogP contribution in [0, 0.1) is 5.82 Å². The maximum Gasteiger partial charge on any atom is 0.326 e. The van der Waals surface area contributed by atoms with Crippen LogP contribution >= 0.6 is 0 Å². The van der Waals surface area contributed by atoms with Crippen LogP contribution in [0.4, 0.5) is 4.39 Å². The summed E-state index contributed by atoms with van der Waals surface area (Å²) in [5, 5.41) is 9.13. The van der Waals surface area contributed by atoms with Gasteiger partial charge in [-0.15, -0.1) is 0 Å². The van der Waals surface area contributed by atoms with E-state index < -0.39 is 12.0 Å². The van der Waals surface area contributed by atoms with Crippen LogP contribution in [0.5, 0.6) is 0 Å². The summed E-state index contributed by atoms with van der Waals surface area (Å²) in [7, 11) is 0. The molecule has 1 N–H and O–H groups in total. The average molecular weight is 279 g/mol. The molecule has 0 aromatic heterocycles. The zero-order chi connectivity index (χ0) is 14.5. The maximum absolute atomic E-state index is 13.5. The van der Waals surface area contributed by atoms with Gasteiger partial charge in [0.15, 0.2) is 0 Å². The molecule has 1 atom stereocenters. The number of rotatable bonds is 4. The van der Waals surface area contributed by atoms with Gasteiger partial charge in [0.25, 0.3) is 0 Å². The van der Waals surface area contributed by atoms with E-state index in [-0.39, 0.29) is 18.1 Å². The first-order chi connectivity index (χ1) is 9.59. The molecule has 1 aromatic rings. The van der Waals surface area contributed by atoms with Crippen molar-refractivity contribution in [1.29, 1.82) is 0 Å². The van der Waals surface area contributed by atoms with Crippen molar-refractivity contribution in [3.8, 4) is 0 Å². The van der Waals surface area contributed by atoms with E-state index in [1.807, 2.05) is 0 Å². The lowest BCUT2D eigenvalue weighted by atomic mass is 10.0. The molecule has 0 spiro atoms. The first kappa shape index (κ1) is 14.5. The van der Waals surface area contributed by atoms with Gasteiger partial charge in [0.2, 0.25) is 5.91 Å². The van der Waals surface area contributed by atoms with E-state index in [1.54, 1.807) is 18.2 Å². The molecule has 5 heteroatoms. The second-order valence-electron chi connectivity index (χ2n) is 5.03. The Hall–Kier alpha value is -1.91. The molecule has 1 aliphatic rings. The number of carbonyl (C=O) groups is 2. The number of hydrogen-bond acceptors (Lipinski definition) is 2. The largest absolute Gasteiger partial charge is 0.480 e. The summed E-state index contributed by atoms with van der Waals surface area (Å²) in [5.74, 6) is -1.49. The Kier molecular flexibility index (Phi) is 4.71. The highest BCUT2D eigenvalue weighted by molar-refractivity contribution is 5.84. The molecule has 0 saturated carbocycles. The van der Waals surface area contributed by atoms with Crippen molar-refractivity contribution in [2.24, 2.45) is 0 Å². The van der Waals surface area contributed by atoms with Gasteiger partial charge in [0.1, 0.15) is 11.9 Å². The van der Waals surface area contributed by atoms with Gasteiger partial charge < -0.3 is 10.0 Å². The molecule has 0 unspecified atom stereocenters. The summed E-state index contributed by atoms with van der Waals surface area (Å²) in [6.07, 6.45) is 2.60. The number of nitrogens with zero attached hydrogens (tertiary/aromatic N) is 1. The predicted octanol–water partition coefficient (Wildman–Crippen LogP) is 2.22. The lowest BCUT2D eigenvalue weighted by Gasteiger charge is -2.33. The third-order valence-electron chi connectivity index (χ3n) is 3.67. The molecule has 1 fully saturated rings. The van der Waals surface area contributed by atoms with Gasteiger partial charge in [0.05, 0.1) is 0 Å². The van der Waals surface area contributed by atoms with Crippen molar-refractivity contribution < 1.29 is 19.1 Å². The van der Waals surface area contributed by atoms with Gasteiger partial charge in [-0.2, -0.15) is 0 Å². The van der Waals surface area contributed by atoms with Gasteiger partial charge in [-0.1, -0.05) is 18.2 Å². The fourth-order valence-corrected chi connectivity index (χ4v) is 2.57. The smallest absolute Gasteiger partial charge is 0.326 e. The summed E-state index contributed by atoms with van der Waals surface area (Å²) in [5.41, 5.74) is 0.490. The highest BCUT2D eigenvalue weighted by Crippen LogP contribution is 2.19. The van der Waals surface area contributed by atoms with E-state index >= 15 is 0 Å². The molecular formula is C15H18FNO3. The van der Waals surface area contributed by atoms with E-state index in [2.05, 4.69) is 0 Å². The number of benzene rings is 1. The number of carboxylic acids is 1. The SMILES string of the molecule is O=C(O)[C@H]1CCCCN1C(=O)CCc1ccccc1F. The van der Waals surface area contributed by atoms with Crippen molar-refractivity contribution in [2.45, 2.75) is 38.1 Å². The highest BCUT2D eigenvalue weighted by Gasteiger charge is 2.31. The standard InChI is InChI=1S/C15H18FNO3/c16-12-6-2-1-5-11(12)8-9-14(18)17-10-4-3-7-13(17)15(19)20/h1-2,5-6,13H,3-4,7-10H2,(H,19,20)/t13-/m1/s1. The third-order valence-corrected chi connectivity index (χ3v) is 3.67. The maximum atomic E-state index is 13.5. The summed E-state index contributed by atoms with van der Waals surface area (Å²) in [4.78, 5) is 24.7. The van der Waals surface area contributed by atoms with Crippen molar-refractivity contribution in [2.75, 3.05) is 6.54 Å². The second-order valence-corrected chi connectivity index (χ2v) is 5.03. The lowest BCUT2D eigenvalue weighted by Crippen LogP contribution is -2.48. The quantitative estimate of drug-likeness (QED) is 0.919. The number of carboxylic acid groups (broad SMARTS) is 1. The van der Waals surface area contributed by atoms with Crippen molar-refractivity contribution >= 4 is 11.9 Å². The van der Waals surface area contributed by atoms with Crippen LogP contribution in [0.25, 0.3) is 0 Å². The van der Waals surface area contributed by atoms with E-state index in [0.717, 1.165) is 12.8 Å². The molecule has 4 nitrogen and oxygen atoms in total. The van der Waals surface area contributed by atoms with Crippen molar-refractivity contribution in [3.63, 3.8) is 0 Å². The monoisotopic (exact) mass is 279 g/mol. The zero-order valence-electron chi connectivity index (χ0n) is 11.2. The topological polar surface area (TPSA) is 57.6 Å². The fraction of sp³-hybridized carbons (Fsp3) is 0.467. The summed E-state index contributed by atoms with van der Waals surface area (Å²) >= 11 is 0.